The molecule has 0 bridgehead atoms. The van der Waals surface area contributed by atoms with Crippen LogP contribution in [0.5, 0.6) is 0 Å². The molecule has 0 aromatic heterocycles. The minimum atomic E-state index is -4.17. The molecule has 8 heteroatoms. The fourth-order valence-corrected chi connectivity index (χ4v) is 4.65. The van der Waals surface area contributed by atoms with E-state index < -0.39 is 26.3 Å². The fourth-order valence-electron chi connectivity index (χ4n) is 2.51. The summed E-state index contributed by atoms with van der Waals surface area (Å²) in [6, 6.07) is 15.8. The molecule has 0 atom stereocenters. The van der Waals surface area contributed by atoms with Gasteiger partial charge in [0.1, 0.15) is 10.7 Å². The highest BCUT2D eigenvalue weighted by atomic mass is 79.9. The predicted molar refractivity (Wildman–Crippen MR) is 119 cm³/mol. The number of rotatable bonds is 5. The molecule has 148 valence electrons. The first-order valence-corrected chi connectivity index (χ1v) is 11.6. The monoisotopic (exact) mass is 556 g/mol. The Morgan fingerprint density at radius 1 is 0.897 bits per heavy atom. The molecule has 0 amide bonds. The lowest BCUT2D eigenvalue weighted by Crippen LogP contribution is -2.14. The number of hydrogen-bond donors (Lipinski definition) is 0. The second kappa shape index (κ2) is 8.92. The van der Waals surface area contributed by atoms with E-state index in [9.17, 15) is 17.6 Å². The molecule has 3 aromatic carbocycles. The number of sulfone groups is 1. The smallest absolute Gasteiger partial charge is 0.210 e. The summed E-state index contributed by atoms with van der Waals surface area (Å²) in [5.41, 5.74) is 0.410. The minimum Gasteiger partial charge on any atom is -0.288 e. The van der Waals surface area contributed by atoms with E-state index in [1.165, 1.54) is 36.4 Å². The third-order valence-corrected chi connectivity index (χ3v) is 7.15. The number of hydrogen-bond acceptors (Lipinski definition) is 3. The first kappa shape index (κ1) is 21.9. The van der Waals surface area contributed by atoms with Gasteiger partial charge >= 0.3 is 0 Å². The molecule has 0 aliphatic carbocycles. The van der Waals surface area contributed by atoms with Gasteiger partial charge in [0.15, 0.2) is 0 Å². The van der Waals surface area contributed by atoms with Crippen molar-refractivity contribution in [3.05, 3.63) is 103 Å². The fraction of sp³-hybridized carbons (Fsp3) is 0. The molecule has 0 heterocycles. The number of ketones is 1. The molecule has 3 aromatic rings. The Morgan fingerprint density at radius 3 is 2.00 bits per heavy atom. The van der Waals surface area contributed by atoms with Gasteiger partial charge < -0.3 is 0 Å². The van der Waals surface area contributed by atoms with E-state index in [4.69, 9.17) is 11.6 Å². The molecule has 3 rings (SSSR count). The molecule has 0 saturated carbocycles. The van der Waals surface area contributed by atoms with Crippen LogP contribution in [0, 0.1) is 5.82 Å². The van der Waals surface area contributed by atoms with Gasteiger partial charge in [0.05, 0.1) is 9.92 Å². The van der Waals surface area contributed by atoms with Gasteiger partial charge in [-0.25, -0.2) is 12.8 Å². The average Bonchev–Trinajstić information content (AvgIpc) is 2.67. The molecule has 0 fully saturated rings. The van der Waals surface area contributed by atoms with Crippen molar-refractivity contribution in [1.29, 1.82) is 0 Å². The lowest BCUT2D eigenvalue weighted by Gasteiger charge is -2.10. The normalized spacial score (nSPS) is 12.1. The highest BCUT2D eigenvalue weighted by Crippen LogP contribution is 2.29. The number of Topliss-reactive ketones (excluding diaryl/α,β-unsaturated/α-hetero) is 1. The van der Waals surface area contributed by atoms with E-state index in [1.807, 2.05) is 0 Å². The number of benzene rings is 3. The Hall–Kier alpha value is -1.80. The van der Waals surface area contributed by atoms with E-state index >= 15 is 0 Å². The van der Waals surface area contributed by atoms with E-state index in [0.29, 0.717) is 4.47 Å². The summed E-state index contributed by atoms with van der Waals surface area (Å²) in [7, 11) is -4.17. The van der Waals surface area contributed by atoms with Crippen molar-refractivity contribution in [1.82, 2.24) is 0 Å². The lowest BCUT2D eigenvalue weighted by atomic mass is 10.1. The molecule has 0 unspecified atom stereocenters. The summed E-state index contributed by atoms with van der Waals surface area (Å²) in [6.07, 6.45) is 1.17. The maximum Gasteiger partial charge on any atom is 0.210 e. The number of halogens is 4. The van der Waals surface area contributed by atoms with Gasteiger partial charge in [0.25, 0.3) is 0 Å². The molecule has 0 radical (unpaired) electrons. The van der Waals surface area contributed by atoms with E-state index in [-0.39, 0.29) is 21.0 Å². The second-order valence-electron chi connectivity index (χ2n) is 5.97. The highest BCUT2D eigenvalue weighted by Gasteiger charge is 2.28. The number of allylic oxidation sites excluding steroid dienone is 1. The molecular formula is C21H12Br2ClFO3S. The summed E-state index contributed by atoms with van der Waals surface area (Å²) in [5, 5.41) is -0.00267. The van der Waals surface area contributed by atoms with Crippen LogP contribution in [0.15, 0.2) is 85.5 Å². The first-order chi connectivity index (χ1) is 13.7. The quantitative estimate of drug-likeness (QED) is 0.259. The van der Waals surface area contributed by atoms with Crippen molar-refractivity contribution in [3.8, 4) is 0 Å². The summed E-state index contributed by atoms with van der Waals surface area (Å²) < 4.78 is 41.4. The lowest BCUT2D eigenvalue weighted by molar-refractivity contribution is 0.104. The van der Waals surface area contributed by atoms with Crippen molar-refractivity contribution < 1.29 is 17.6 Å². The second-order valence-corrected chi connectivity index (χ2v) is 10.1. The van der Waals surface area contributed by atoms with Crippen LogP contribution in [0.3, 0.4) is 0 Å². The Kier molecular flexibility index (Phi) is 6.73. The summed E-state index contributed by atoms with van der Waals surface area (Å²) >= 11 is 12.6. The van der Waals surface area contributed by atoms with Crippen molar-refractivity contribution in [2.75, 3.05) is 0 Å². The SMILES string of the molecule is O=C(/C(=C\c1ccc(F)cc1Cl)S(=O)(=O)c1ccc(Br)cc1)c1ccc(Br)cc1. The van der Waals surface area contributed by atoms with Crippen LogP contribution in [0.4, 0.5) is 4.39 Å². The van der Waals surface area contributed by atoms with Crippen LogP contribution in [-0.4, -0.2) is 14.2 Å². The van der Waals surface area contributed by atoms with E-state index in [2.05, 4.69) is 31.9 Å². The first-order valence-electron chi connectivity index (χ1n) is 8.16. The molecule has 0 N–H and O–H groups in total. The molecule has 0 aliphatic heterocycles. The maximum atomic E-state index is 13.4. The third kappa shape index (κ3) is 5.04. The number of carbonyl (C=O) groups excluding carboxylic acids is 1. The van der Waals surface area contributed by atoms with Gasteiger partial charge in [-0.1, -0.05) is 49.5 Å². The van der Waals surface area contributed by atoms with Gasteiger partial charge in [0, 0.05) is 14.5 Å². The molecule has 29 heavy (non-hydrogen) atoms. The Bertz CT molecular complexity index is 1210. The van der Waals surface area contributed by atoms with Gasteiger partial charge in [-0.3, -0.25) is 4.79 Å². The Labute approximate surface area is 189 Å². The standard InChI is InChI=1S/C21H12Br2ClFO3S/c22-15-4-1-13(2-5-15)21(26)20(11-14-3-8-17(25)12-19(14)24)29(27,28)18-9-6-16(23)7-10-18/h1-12H/b20-11+. The zero-order valence-corrected chi connectivity index (χ0v) is 19.3. The molecule has 3 nitrogen and oxygen atoms in total. The largest absolute Gasteiger partial charge is 0.288 e. The zero-order valence-electron chi connectivity index (χ0n) is 14.6. The molecule has 0 spiro atoms. The average molecular weight is 559 g/mol. The molecular weight excluding hydrogens is 547 g/mol. The van der Waals surface area contributed by atoms with Crippen LogP contribution in [0.1, 0.15) is 15.9 Å². The van der Waals surface area contributed by atoms with Crippen LogP contribution in [0.2, 0.25) is 5.02 Å². The molecule has 0 saturated heterocycles. The minimum absolute atomic E-state index is 0.00267. The van der Waals surface area contributed by atoms with E-state index in [0.717, 1.165) is 16.6 Å². The van der Waals surface area contributed by atoms with Crippen LogP contribution in [-0.2, 0) is 9.84 Å². The Balaban J connectivity index is 2.20. The highest BCUT2D eigenvalue weighted by molar-refractivity contribution is 9.10. The predicted octanol–water partition coefficient (Wildman–Crippen LogP) is 6.70. The van der Waals surface area contributed by atoms with Crippen LogP contribution >= 0.6 is 43.5 Å². The summed E-state index contributed by atoms with van der Waals surface area (Å²) in [4.78, 5) is 12.6. The van der Waals surface area contributed by atoms with Crippen molar-refractivity contribution in [3.63, 3.8) is 0 Å². The van der Waals surface area contributed by atoms with Gasteiger partial charge in [-0.2, -0.15) is 0 Å². The van der Waals surface area contributed by atoms with Crippen LogP contribution in [0.25, 0.3) is 6.08 Å². The van der Waals surface area contributed by atoms with Crippen molar-refractivity contribution in [2.45, 2.75) is 4.90 Å². The van der Waals surface area contributed by atoms with Crippen molar-refractivity contribution >= 4 is 65.2 Å². The number of carbonyl (C=O) groups is 1. The van der Waals surface area contributed by atoms with Crippen LogP contribution < -0.4 is 0 Å². The van der Waals surface area contributed by atoms with Gasteiger partial charge in [-0.15, -0.1) is 0 Å². The summed E-state index contributed by atoms with van der Waals surface area (Å²) in [5.74, 6) is -1.26. The summed E-state index contributed by atoms with van der Waals surface area (Å²) in [6.45, 7) is 0. The van der Waals surface area contributed by atoms with Gasteiger partial charge in [0.2, 0.25) is 15.6 Å². The third-order valence-electron chi connectivity index (χ3n) is 3.99. The van der Waals surface area contributed by atoms with Gasteiger partial charge in [-0.05, 0) is 72.3 Å². The van der Waals surface area contributed by atoms with E-state index in [1.54, 1.807) is 24.3 Å². The molecule has 0 aliphatic rings. The maximum absolute atomic E-state index is 13.4. The van der Waals surface area contributed by atoms with Crippen molar-refractivity contribution in [2.24, 2.45) is 0 Å². The Morgan fingerprint density at radius 2 is 1.45 bits per heavy atom. The zero-order chi connectivity index (χ0) is 21.2. The topological polar surface area (TPSA) is 51.2 Å².